The average Bonchev–Trinajstić information content (AvgIpc) is 3.60. The van der Waals surface area contributed by atoms with E-state index in [1.807, 2.05) is 42.2 Å². The Morgan fingerprint density at radius 2 is 1.90 bits per heavy atom. The van der Waals surface area contributed by atoms with E-state index in [0.717, 1.165) is 69.7 Å². The first kappa shape index (κ1) is 26.2. The number of aromatic hydroxyl groups is 1. The molecule has 0 saturated carbocycles. The van der Waals surface area contributed by atoms with E-state index in [-0.39, 0.29) is 11.9 Å². The molecule has 206 valence electrons. The highest BCUT2D eigenvalue weighted by Crippen LogP contribution is 2.47. The van der Waals surface area contributed by atoms with E-state index >= 15 is 0 Å². The number of nitrogens with zero attached hydrogens (tertiary/aromatic N) is 3. The summed E-state index contributed by atoms with van der Waals surface area (Å²) in [4.78, 5) is 6.91. The van der Waals surface area contributed by atoms with Gasteiger partial charge in [0.05, 0.1) is 12.0 Å². The van der Waals surface area contributed by atoms with Crippen LogP contribution in [0.3, 0.4) is 0 Å². The molecule has 0 radical (unpaired) electrons. The van der Waals surface area contributed by atoms with Crippen LogP contribution in [-0.4, -0.2) is 45.3 Å². The van der Waals surface area contributed by atoms with Gasteiger partial charge in [-0.25, -0.2) is 4.98 Å². The highest BCUT2D eigenvalue weighted by molar-refractivity contribution is 5.96. The van der Waals surface area contributed by atoms with Crippen LogP contribution in [0.5, 0.6) is 17.2 Å². The Labute approximate surface area is 236 Å². The van der Waals surface area contributed by atoms with Crippen molar-refractivity contribution in [1.29, 1.82) is 0 Å². The van der Waals surface area contributed by atoms with Crippen molar-refractivity contribution < 1.29 is 14.6 Å². The first-order chi connectivity index (χ1) is 19.4. The molecule has 40 heavy (non-hydrogen) atoms. The molecule has 1 saturated heterocycles. The van der Waals surface area contributed by atoms with Crippen LogP contribution in [0, 0.1) is 12.8 Å². The third-order valence-corrected chi connectivity index (χ3v) is 8.20. The van der Waals surface area contributed by atoms with Crippen molar-refractivity contribution in [3.8, 4) is 22.9 Å². The number of allylic oxidation sites excluding steroid dienone is 1. The first-order valence-corrected chi connectivity index (χ1v) is 14.1. The summed E-state index contributed by atoms with van der Waals surface area (Å²) in [7, 11) is 0. The summed E-state index contributed by atoms with van der Waals surface area (Å²) in [5.74, 6) is 2.62. The van der Waals surface area contributed by atoms with Gasteiger partial charge in [0.15, 0.2) is 0 Å². The smallest absolute Gasteiger partial charge is 0.150 e. The number of likely N-dealkylation sites (tertiary alicyclic amines) is 1. The van der Waals surface area contributed by atoms with E-state index in [2.05, 4.69) is 67.1 Å². The number of hydrogen-bond acceptors (Lipinski definition) is 5. The first-order valence-electron chi connectivity index (χ1n) is 14.1. The van der Waals surface area contributed by atoms with Gasteiger partial charge in [-0.2, -0.15) is 0 Å². The second kappa shape index (κ2) is 10.9. The minimum atomic E-state index is -0.309. The van der Waals surface area contributed by atoms with Gasteiger partial charge in [-0.3, -0.25) is 4.90 Å². The quantitative estimate of drug-likeness (QED) is 0.275. The maximum atomic E-state index is 10.2. The van der Waals surface area contributed by atoms with E-state index in [1.165, 1.54) is 6.42 Å². The molecule has 1 aromatic heterocycles. The van der Waals surface area contributed by atoms with Crippen LogP contribution in [0.1, 0.15) is 55.7 Å². The lowest BCUT2D eigenvalue weighted by molar-refractivity contribution is 0.169. The monoisotopic (exact) mass is 535 g/mol. The van der Waals surface area contributed by atoms with Gasteiger partial charge in [0.1, 0.15) is 30.0 Å². The van der Waals surface area contributed by atoms with E-state index in [4.69, 9.17) is 9.47 Å². The summed E-state index contributed by atoms with van der Waals surface area (Å²) >= 11 is 0. The van der Waals surface area contributed by atoms with E-state index in [0.29, 0.717) is 12.6 Å². The Kier molecular flexibility index (Phi) is 7.11. The number of hydrogen-bond donors (Lipinski definition) is 1. The van der Waals surface area contributed by atoms with Crippen LogP contribution < -0.4 is 9.47 Å². The molecular formula is C34H37N3O3. The summed E-state index contributed by atoms with van der Waals surface area (Å²) in [6, 6.07) is 22.4. The van der Waals surface area contributed by atoms with Gasteiger partial charge in [0.25, 0.3) is 0 Å². The van der Waals surface area contributed by atoms with Crippen LogP contribution in [0.25, 0.3) is 16.8 Å². The maximum absolute atomic E-state index is 10.2. The summed E-state index contributed by atoms with van der Waals surface area (Å²) in [5, 5.41) is 10.2. The van der Waals surface area contributed by atoms with Crippen molar-refractivity contribution in [2.45, 2.75) is 46.3 Å². The summed E-state index contributed by atoms with van der Waals surface area (Å²) in [5.41, 5.74) is 7.16. The topological polar surface area (TPSA) is 59.8 Å². The number of ether oxygens (including phenoxy) is 2. The molecule has 4 aromatic rings. The fraction of sp³-hybridized carbons (Fsp3) is 0.324. The maximum Gasteiger partial charge on any atom is 0.150 e. The van der Waals surface area contributed by atoms with Gasteiger partial charge in [-0.05, 0) is 98.8 Å². The molecular weight excluding hydrogens is 498 g/mol. The van der Waals surface area contributed by atoms with Gasteiger partial charge < -0.3 is 19.1 Å². The van der Waals surface area contributed by atoms with Crippen molar-refractivity contribution >= 4 is 11.1 Å². The predicted octanol–water partition coefficient (Wildman–Crippen LogP) is 7.06. The zero-order valence-electron chi connectivity index (χ0n) is 23.7. The molecule has 0 amide bonds. The standard InChI is InChI=1S/C34H37N3O3/c1-22-14-15-36(18-22)24(3)20-39-30-11-8-26(9-12-30)34-33(25(4)31-17-29(38)10-13-32(31)40-34)27-6-5-7-28(16-27)37-19-23(2)35-21-37/h5-13,16-17,19,21-22,24,34,38H,14-15,18,20H2,1-4H3/t22-,24+,34?/m1/s1. The van der Waals surface area contributed by atoms with Crippen molar-refractivity contribution in [2.24, 2.45) is 5.92 Å². The van der Waals surface area contributed by atoms with Crippen LogP contribution in [0.15, 0.2) is 79.3 Å². The van der Waals surface area contributed by atoms with Crippen molar-refractivity contribution in [2.75, 3.05) is 19.7 Å². The normalized spacial score (nSPS) is 19.8. The highest BCUT2D eigenvalue weighted by atomic mass is 16.5. The van der Waals surface area contributed by atoms with Crippen LogP contribution in [-0.2, 0) is 0 Å². The molecule has 6 nitrogen and oxygen atoms in total. The Bertz CT molecular complexity index is 1540. The molecule has 3 aromatic carbocycles. The third kappa shape index (κ3) is 5.24. The lowest BCUT2D eigenvalue weighted by Crippen LogP contribution is -2.35. The minimum Gasteiger partial charge on any atom is -0.508 e. The van der Waals surface area contributed by atoms with E-state index < -0.39 is 0 Å². The molecule has 6 heteroatoms. The number of phenolic OH excluding ortho intramolecular Hbond substituents is 1. The Hall–Kier alpha value is -4.03. The van der Waals surface area contributed by atoms with Crippen LogP contribution in [0.4, 0.5) is 0 Å². The second-order valence-corrected chi connectivity index (χ2v) is 11.3. The zero-order valence-corrected chi connectivity index (χ0v) is 23.7. The lowest BCUT2D eigenvalue weighted by atomic mass is 9.86. The SMILES string of the molecule is CC1=C(c2cccc(-n3cnc(C)c3)c2)C(c2ccc(OC[C@H](C)N3CC[C@@H](C)C3)cc2)Oc2ccc(O)cc21. The Morgan fingerprint density at radius 1 is 1.07 bits per heavy atom. The highest BCUT2D eigenvalue weighted by Gasteiger charge is 2.30. The number of benzene rings is 3. The van der Waals surface area contributed by atoms with Gasteiger partial charge in [-0.15, -0.1) is 0 Å². The van der Waals surface area contributed by atoms with Crippen LogP contribution in [0.2, 0.25) is 0 Å². The molecule has 3 atom stereocenters. The minimum absolute atomic E-state index is 0.223. The largest absolute Gasteiger partial charge is 0.508 e. The molecule has 0 bridgehead atoms. The number of imidazole rings is 1. The number of phenols is 1. The lowest BCUT2D eigenvalue weighted by Gasteiger charge is -2.31. The van der Waals surface area contributed by atoms with Gasteiger partial charge in [-0.1, -0.05) is 31.2 Å². The van der Waals surface area contributed by atoms with Gasteiger partial charge >= 0.3 is 0 Å². The molecule has 3 heterocycles. The second-order valence-electron chi connectivity index (χ2n) is 11.3. The average molecular weight is 536 g/mol. The molecule has 6 rings (SSSR count). The third-order valence-electron chi connectivity index (χ3n) is 8.20. The molecule has 2 aliphatic heterocycles. The molecule has 0 aliphatic carbocycles. The number of aryl methyl sites for hydroxylation is 1. The van der Waals surface area contributed by atoms with Crippen molar-refractivity contribution in [3.05, 3.63) is 102 Å². The summed E-state index contributed by atoms with van der Waals surface area (Å²) in [6.45, 7) is 11.6. The molecule has 1 unspecified atom stereocenters. The molecule has 0 spiro atoms. The van der Waals surface area contributed by atoms with E-state index in [9.17, 15) is 5.11 Å². The van der Waals surface area contributed by atoms with Crippen molar-refractivity contribution in [3.63, 3.8) is 0 Å². The van der Waals surface area contributed by atoms with Gasteiger partial charge in [0.2, 0.25) is 0 Å². The number of aromatic nitrogens is 2. The summed E-state index contributed by atoms with van der Waals surface area (Å²) in [6.07, 6.45) is 4.81. The van der Waals surface area contributed by atoms with Crippen LogP contribution >= 0.6 is 0 Å². The number of rotatable bonds is 7. The van der Waals surface area contributed by atoms with Gasteiger partial charge in [0, 0.05) is 35.6 Å². The fourth-order valence-electron chi connectivity index (χ4n) is 5.87. The Morgan fingerprint density at radius 3 is 2.62 bits per heavy atom. The fourth-order valence-corrected chi connectivity index (χ4v) is 5.87. The Balaban J connectivity index is 1.31. The van der Waals surface area contributed by atoms with E-state index in [1.54, 1.807) is 12.1 Å². The molecule has 1 fully saturated rings. The summed E-state index contributed by atoms with van der Waals surface area (Å²) < 4.78 is 14.9. The molecule has 2 aliphatic rings. The predicted molar refractivity (Wildman–Crippen MR) is 159 cm³/mol. The van der Waals surface area contributed by atoms with Crippen molar-refractivity contribution in [1.82, 2.24) is 14.5 Å². The number of fused-ring (bicyclic) bond motifs is 1. The zero-order chi connectivity index (χ0) is 27.8. The molecule has 1 N–H and O–H groups in total.